The Morgan fingerprint density at radius 2 is 2.10 bits per heavy atom. The Balaban J connectivity index is 2.75. The normalized spacial score (nSPS) is 12.8. The van der Waals surface area contributed by atoms with E-state index in [9.17, 15) is 14.9 Å². The van der Waals surface area contributed by atoms with Crippen LogP contribution in [0.15, 0.2) is 18.2 Å². The summed E-state index contributed by atoms with van der Waals surface area (Å²) in [5, 5.41) is 13.7. The molecule has 1 rings (SSSR count). The first kappa shape index (κ1) is 17.4. The van der Waals surface area contributed by atoms with Crippen LogP contribution in [0.25, 0.3) is 0 Å². The number of amides is 1. The van der Waals surface area contributed by atoms with Crippen molar-refractivity contribution < 1.29 is 9.72 Å². The van der Waals surface area contributed by atoms with Crippen molar-refractivity contribution in [2.24, 2.45) is 11.1 Å². The summed E-state index contributed by atoms with van der Waals surface area (Å²) in [6.07, 6.45) is 0.777. The van der Waals surface area contributed by atoms with Crippen LogP contribution in [0.3, 0.4) is 0 Å². The van der Waals surface area contributed by atoms with E-state index in [0.29, 0.717) is 11.4 Å². The number of nitro benzene ring substituents is 1. The van der Waals surface area contributed by atoms with Gasteiger partial charge in [0.2, 0.25) is 5.91 Å². The van der Waals surface area contributed by atoms with Gasteiger partial charge >= 0.3 is 0 Å². The smallest absolute Gasteiger partial charge is 0.292 e. The maximum absolute atomic E-state index is 11.9. The summed E-state index contributed by atoms with van der Waals surface area (Å²) in [4.78, 5) is 22.3. The van der Waals surface area contributed by atoms with Gasteiger partial charge in [-0.25, -0.2) is 0 Å². The van der Waals surface area contributed by atoms with Crippen LogP contribution in [0.4, 0.5) is 11.4 Å². The molecule has 0 saturated heterocycles. The van der Waals surface area contributed by atoms with Gasteiger partial charge in [0.15, 0.2) is 0 Å². The van der Waals surface area contributed by atoms with Crippen molar-refractivity contribution in [2.45, 2.75) is 39.7 Å². The molecule has 1 aromatic rings. The first-order valence-corrected chi connectivity index (χ1v) is 6.95. The van der Waals surface area contributed by atoms with Gasteiger partial charge in [-0.2, -0.15) is 0 Å². The Morgan fingerprint density at radius 3 is 2.62 bits per heavy atom. The Hall–Kier alpha value is -1.66. The van der Waals surface area contributed by atoms with E-state index >= 15 is 0 Å². The van der Waals surface area contributed by atoms with E-state index in [2.05, 4.69) is 5.32 Å². The molecule has 1 aromatic carbocycles. The Bertz CT molecular complexity index is 541. The molecule has 0 heterocycles. The number of nitrogens with zero attached hydrogens (tertiary/aromatic N) is 1. The van der Waals surface area contributed by atoms with Crippen LogP contribution < -0.4 is 11.1 Å². The highest BCUT2D eigenvalue weighted by Crippen LogP contribution is 2.28. The zero-order chi connectivity index (χ0) is 16.2. The predicted octanol–water partition coefficient (Wildman–Crippen LogP) is 3.34. The number of halogens is 1. The van der Waals surface area contributed by atoms with Crippen molar-refractivity contribution >= 4 is 28.9 Å². The van der Waals surface area contributed by atoms with E-state index in [1.807, 2.05) is 20.8 Å². The van der Waals surface area contributed by atoms with Crippen molar-refractivity contribution in [1.82, 2.24) is 0 Å². The second kappa shape index (κ2) is 6.87. The molecule has 0 fully saturated rings. The molecule has 0 spiro atoms. The van der Waals surface area contributed by atoms with Crippen molar-refractivity contribution in [3.8, 4) is 0 Å². The molecule has 0 bridgehead atoms. The number of benzene rings is 1. The van der Waals surface area contributed by atoms with Gasteiger partial charge in [-0.1, -0.05) is 32.4 Å². The minimum Gasteiger partial charge on any atom is -0.327 e. The van der Waals surface area contributed by atoms with Crippen molar-refractivity contribution in [1.29, 1.82) is 0 Å². The summed E-state index contributed by atoms with van der Waals surface area (Å²) in [6.45, 7) is 6.10. The molecule has 0 aliphatic heterocycles. The van der Waals surface area contributed by atoms with Crippen molar-refractivity contribution in [2.75, 3.05) is 5.32 Å². The van der Waals surface area contributed by atoms with E-state index in [4.69, 9.17) is 17.3 Å². The molecule has 7 heteroatoms. The number of nitrogens with two attached hydrogens (primary N) is 1. The molecular formula is C14H20ClN3O3. The van der Waals surface area contributed by atoms with E-state index in [1.165, 1.54) is 18.2 Å². The topological polar surface area (TPSA) is 98.3 Å². The van der Waals surface area contributed by atoms with Crippen LogP contribution in [0.2, 0.25) is 5.02 Å². The molecule has 1 unspecified atom stereocenters. The lowest BCUT2D eigenvalue weighted by atomic mass is 9.87. The monoisotopic (exact) mass is 313 g/mol. The molecule has 0 aliphatic rings. The van der Waals surface area contributed by atoms with Gasteiger partial charge in [-0.3, -0.25) is 14.9 Å². The van der Waals surface area contributed by atoms with Gasteiger partial charge in [0, 0.05) is 23.6 Å². The molecule has 116 valence electrons. The summed E-state index contributed by atoms with van der Waals surface area (Å²) < 4.78 is 0. The largest absolute Gasteiger partial charge is 0.327 e. The van der Waals surface area contributed by atoms with Gasteiger partial charge in [0.05, 0.1) is 4.92 Å². The molecule has 6 nitrogen and oxygen atoms in total. The van der Waals surface area contributed by atoms with E-state index in [0.717, 1.165) is 0 Å². The first-order valence-electron chi connectivity index (χ1n) is 6.58. The minimum atomic E-state index is -0.568. The number of carbonyl (C=O) groups excluding carboxylic acids is 1. The highest BCUT2D eigenvalue weighted by molar-refractivity contribution is 6.31. The lowest BCUT2D eigenvalue weighted by Crippen LogP contribution is -2.31. The number of nitro groups is 1. The molecule has 0 radical (unpaired) electrons. The number of rotatable bonds is 5. The van der Waals surface area contributed by atoms with Crippen molar-refractivity contribution in [3.05, 3.63) is 33.3 Å². The molecular weight excluding hydrogens is 294 g/mol. The van der Waals surface area contributed by atoms with Crippen LogP contribution in [0, 0.1) is 15.5 Å². The highest BCUT2D eigenvalue weighted by atomic mass is 35.5. The third kappa shape index (κ3) is 6.10. The number of hydrogen-bond acceptors (Lipinski definition) is 4. The average molecular weight is 314 g/mol. The number of nitrogens with one attached hydrogen (secondary N) is 1. The Morgan fingerprint density at radius 1 is 1.48 bits per heavy atom. The summed E-state index contributed by atoms with van der Waals surface area (Å²) in [5.41, 5.74) is 5.82. The quantitative estimate of drug-likeness (QED) is 0.643. The van der Waals surface area contributed by atoms with Crippen LogP contribution >= 0.6 is 11.6 Å². The third-order valence-corrected chi connectivity index (χ3v) is 2.99. The average Bonchev–Trinajstić information content (AvgIpc) is 2.24. The second-order valence-corrected chi connectivity index (χ2v) is 6.63. The second-order valence-electron chi connectivity index (χ2n) is 6.20. The standard InChI is InChI=1S/C14H20ClN3O3/c1-14(2,3)8-10(16)7-13(19)17-11-6-9(15)4-5-12(11)18(20)21/h4-6,10H,7-8,16H2,1-3H3,(H,17,19). The van der Waals surface area contributed by atoms with E-state index in [1.54, 1.807) is 0 Å². The lowest BCUT2D eigenvalue weighted by molar-refractivity contribution is -0.383. The number of anilines is 1. The SMILES string of the molecule is CC(C)(C)CC(N)CC(=O)Nc1cc(Cl)ccc1[N+](=O)[O-]. The molecule has 21 heavy (non-hydrogen) atoms. The maximum atomic E-state index is 11.9. The molecule has 1 amide bonds. The molecule has 0 saturated carbocycles. The van der Waals surface area contributed by atoms with Crippen molar-refractivity contribution in [3.63, 3.8) is 0 Å². The zero-order valence-corrected chi connectivity index (χ0v) is 13.1. The first-order chi connectivity index (χ1) is 9.58. The summed E-state index contributed by atoms with van der Waals surface area (Å²) in [6, 6.07) is 3.71. The van der Waals surface area contributed by atoms with Gasteiger partial charge in [-0.05, 0) is 24.0 Å². The van der Waals surface area contributed by atoms with Crippen LogP contribution in [-0.2, 0) is 4.79 Å². The minimum absolute atomic E-state index is 0.0156. The van der Waals surface area contributed by atoms with Gasteiger partial charge in [0.25, 0.3) is 5.69 Å². The maximum Gasteiger partial charge on any atom is 0.292 e. The predicted molar refractivity (Wildman–Crippen MR) is 83.4 cm³/mol. The lowest BCUT2D eigenvalue weighted by Gasteiger charge is -2.22. The number of hydrogen-bond donors (Lipinski definition) is 2. The molecule has 0 aliphatic carbocycles. The summed E-state index contributed by atoms with van der Waals surface area (Å²) in [7, 11) is 0. The van der Waals surface area contributed by atoms with E-state index in [-0.39, 0.29) is 35.2 Å². The molecule has 0 aromatic heterocycles. The third-order valence-electron chi connectivity index (χ3n) is 2.75. The summed E-state index contributed by atoms with van der Waals surface area (Å²) >= 11 is 5.80. The Labute approximate surface area is 128 Å². The fourth-order valence-electron chi connectivity index (χ4n) is 2.07. The highest BCUT2D eigenvalue weighted by Gasteiger charge is 2.20. The van der Waals surface area contributed by atoms with E-state index < -0.39 is 4.92 Å². The molecule has 1 atom stereocenters. The Kier molecular flexibility index (Phi) is 5.69. The number of carbonyl (C=O) groups is 1. The van der Waals surface area contributed by atoms with Crippen LogP contribution in [0.5, 0.6) is 0 Å². The van der Waals surface area contributed by atoms with Crippen LogP contribution in [0.1, 0.15) is 33.6 Å². The fraction of sp³-hybridized carbons (Fsp3) is 0.500. The van der Waals surface area contributed by atoms with Gasteiger partial charge in [-0.15, -0.1) is 0 Å². The summed E-state index contributed by atoms with van der Waals surface area (Å²) in [5.74, 6) is -0.364. The van der Waals surface area contributed by atoms with Crippen LogP contribution in [-0.4, -0.2) is 16.9 Å². The fourth-order valence-corrected chi connectivity index (χ4v) is 2.24. The van der Waals surface area contributed by atoms with Gasteiger partial charge < -0.3 is 11.1 Å². The molecule has 3 N–H and O–H groups in total. The van der Waals surface area contributed by atoms with Gasteiger partial charge in [0.1, 0.15) is 5.69 Å². The zero-order valence-electron chi connectivity index (χ0n) is 12.4.